The molecule has 0 spiro atoms. The molecule has 1 aromatic carbocycles. The zero-order valence-electron chi connectivity index (χ0n) is 16.9. The predicted octanol–water partition coefficient (Wildman–Crippen LogP) is 4.31. The number of benzene rings is 1. The van der Waals surface area contributed by atoms with E-state index in [4.69, 9.17) is 4.98 Å². The van der Waals surface area contributed by atoms with Crippen molar-refractivity contribution in [2.45, 2.75) is 45.2 Å². The van der Waals surface area contributed by atoms with Crippen molar-refractivity contribution in [3.63, 3.8) is 0 Å². The lowest BCUT2D eigenvalue weighted by atomic mass is 9.87. The molecule has 2 saturated heterocycles. The lowest BCUT2D eigenvalue weighted by molar-refractivity contribution is 0.0773. The normalized spacial score (nSPS) is 22.8. The topological polar surface area (TPSA) is 32.6 Å². The SMILES string of the molecule is CC(C)c1ccc(-c2nc3ccccn3c2CN2CCC3CNCC2C3)cc1. The van der Waals surface area contributed by atoms with Crippen LogP contribution in [-0.4, -0.2) is 40.0 Å². The maximum Gasteiger partial charge on any atom is 0.137 e. The minimum Gasteiger partial charge on any atom is -0.315 e. The van der Waals surface area contributed by atoms with E-state index in [1.807, 2.05) is 0 Å². The van der Waals surface area contributed by atoms with Crippen LogP contribution < -0.4 is 5.32 Å². The van der Waals surface area contributed by atoms with Gasteiger partial charge in [0.05, 0.1) is 11.4 Å². The molecule has 1 N–H and O–H groups in total. The Balaban J connectivity index is 1.52. The second-order valence-corrected chi connectivity index (χ2v) is 8.79. The summed E-state index contributed by atoms with van der Waals surface area (Å²) in [5.74, 6) is 1.41. The molecule has 2 aromatic heterocycles. The molecule has 2 aliphatic heterocycles. The van der Waals surface area contributed by atoms with E-state index in [0.29, 0.717) is 12.0 Å². The Bertz CT molecular complexity index is 956. The van der Waals surface area contributed by atoms with E-state index in [2.05, 4.69) is 77.1 Å². The van der Waals surface area contributed by atoms with Gasteiger partial charge in [-0.15, -0.1) is 0 Å². The van der Waals surface area contributed by atoms with Crippen molar-refractivity contribution in [2.24, 2.45) is 5.92 Å². The summed E-state index contributed by atoms with van der Waals surface area (Å²) in [6.45, 7) is 8.97. The molecule has 28 heavy (non-hydrogen) atoms. The van der Waals surface area contributed by atoms with E-state index < -0.39 is 0 Å². The molecule has 2 fully saturated rings. The molecular weight excluding hydrogens is 344 g/mol. The van der Waals surface area contributed by atoms with Crippen molar-refractivity contribution in [1.29, 1.82) is 0 Å². The largest absolute Gasteiger partial charge is 0.315 e. The van der Waals surface area contributed by atoms with Crippen molar-refractivity contribution < 1.29 is 0 Å². The quantitative estimate of drug-likeness (QED) is 0.739. The number of rotatable bonds is 4. The second-order valence-electron chi connectivity index (χ2n) is 8.79. The van der Waals surface area contributed by atoms with E-state index in [0.717, 1.165) is 30.3 Å². The van der Waals surface area contributed by atoms with Gasteiger partial charge in [-0.3, -0.25) is 4.90 Å². The summed E-state index contributed by atoms with van der Waals surface area (Å²) in [5, 5.41) is 3.63. The predicted molar refractivity (Wildman–Crippen MR) is 115 cm³/mol. The van der Waals surface area contributed by atoms with E-state index in [1.54, 1.807) is 0 Å². The smallest absolute Gasteiger partial charge is 0.137 e. The molecule has 5 rings (SSSR count). The highest BCUT2D eigenvalue weighted by molar-refractivity contribution is 5.67. The molecule has 2 aliphatic rings. The molecule has 4 heterocycles. The summed E-state index contributed by atoms with van der Waals surface area (Å²) < 4.78 is 2.29. The van der Waals surface area contributed by atoms with Gasteiger partial charge in [-0.1, -0.05) is 44.2 Å². The number of piperidine rings is 2. The maximum absolute atomic E-state index is 5.02. The minimum absolute atomic E-state index is 0.551. The molecule has 0 radical (unpaired) electrons. The standard InChI is InChI=1S/C24H30N4/c1-17(2)19-6-8-20(9-7-19)24-22(28-11-4-3-5-23(28)26-24)16-27-12-10-18-13-21(27)15-25-14-18/h3-9,11,17-18,21,25H,10,12-16H2,1-2H3. The number of pyridine rings is 1. The number of nitrogens with zero attached hydrogens (tertiary/aromatic N) is 3. The van der Waals surface area contributed by atoms with Gasteiger partial charge >= 0.3 is 0 Å². The minimum atomic E-state index is 0.551. The van der Waals surface area contributed by atoms with Crippen LogP contribution in [0.25, 0.3) is 16.9 Å². The third kappa shape index (κ3) is 3.25. The fraction of sp³-hybridized carbons (Fsp3) is 0.458. The van der Waals surface area contributed by atoms with Crippen LogP contribution in [0.2, 0.25) is 0 Å². The Hall–Kier alpha value is -2.17. The molecule has 2 bridgehead atoms. The van der Waals surface area contributed by atoms with Gasteiger partial charge < -0.3 is 9.72 Å². The molecule has 2 unspecified atom stereocenters. The Kier molecular flexibility index (Phi) is 4.69. The number of fused-ring (bicyclic) bond motifs is 3. The highest BCUT2D eigenvalue weighted by Crippen LogP contribution is 2.31. The number of hydrogen-bond donors (Lipinski definition) is 1. The summed E-state index contributed by atoms with van der Waals surface area (Å²) in [4.78, 5) is 7.70. The number of hydrogen-bond acceptors (Lipinski definition) is 3. The summed E-state index contributed by atoms with van der Waals surface area (Å²) in [6, 6.07) is 16.0. The Labute approximate surface area is 167 Å². The second kappa shape index (κ2) is 7.34. The van der Waals surface area contributed by atoms with Gasteiger partial charge in [0.2, 0.25) is 0 Å². The first kappa shape index (κ1) is 17.9. The third-order valence-corrected chi connectivity index (χ3v) is 6.59. The van der Waals surface area contributed by atoms with Gasteiger partial charge in [-0.25, -0.2) is 4.98 Å². The van der Waals surface area contributed by atoms with E-state index >= 15 is 0 Å². The maximum atomic E-state index is 5.02. The van der Waals surface area contributed by atoms with E-state index in [-0.39, 0.29) is 0 Å². The highest BCUT2D eigenvalue weighted by Gasteiger charge is 2.32. The van der Waals surface area contributed by atoms with Gasteiger partial charge in [0.25, 0.3) is 0 Å². The summed E-state index contributed by atoms with van der Waals surface area (Å²) >= 11 is 0. The summed E-state index contributed by atoms with van der Waals surface area (Å²) in [5.41, 5.74) is 6.09. The van der Waals surface area contributed by atoms with Gasteiger partial charge in [0.1, 0.15) is 5.65 Å². The van der Waals surface area contributed by atoms with Gasteiger partial charge in [-0.2, -0.15) is 0 Å². The van der Waals surface area contributed by atoms with Crippen LogP contribution in [0.1, 0.15) is 43.9 Å². The molecule has 3 aromatic rings. The Morgan fingerprint density at radius 1 is 1.11 bits per heavy atom. The molecule has 0 amide bonds. The Morgan fingerprint density at radius 2 is 1.96 bits per heavy atom. The Morgan fingerprint density at radius 3 is 2.79 bits per heavy atom. The molecule has 0 aliphatic carbocycles. The van der Waals surface area contributed by atoms with Gasteiger partial charge in [-0.05, 0) is 55.5 Å². The first-order valence-electron chi connectivity index (χ1n) is 10.7. The third-order valence-electron chi connectivity index (χ3n) is 6.59. The molecule has 4 nitrogen and oxygen atoms in total. The fourth-order valence-electron chi connectivity index (χ4n) is 4.89. The van der Waals surface area contributed by atoms with Crippen molar-refractivity contribution in [1.82, 2.24) is 19.6 Å². The summed E-state index contributed by atoms with van der Waals surface area (Å²) in [7, 11) is 0. The van der Waals surface area contributed by atoms with Crippen molar-refractivity contribution in [3.05, 3.63) is 59.9 Å². The van der Waals surface area contributed by atoms with E-state index in [1.165, 1.54) is 42.8 Å². The lowest BCUT2D eigenvalue weighted by Crippen LogP contribution is -2.53. The van der Waals surface area contributed by atoms with E-state index in [9.17, 15) is 0 Å². The molecule has 2 atom stereocenters. The number of imidazole rings is 1. The summed E-state index contributed by atoms with van der Waals surface area (Å²) in [6.07, 6.45) is 4.80. The zero-order valence-corrected chi connectivity index (χ0v) is 16.9. The fourth-order valence-corrected chi connectivity index (χ4v) is 4.89. The van der Waals surface area contributed by atoms with Crippen molar-refractivity contribution >= 4 is 5.65 Å². The van der Waals surface area contributed by atoms with Crippen LogP contribution in [0.3, 0.4) is 0 Å². The average molecular weight is 375 g/mol. The number of aromatic nitrogens is 2. The zero-order chi connectivity index (χ0) is 19.1. The highest BCUT2D eigenvalue weighted by atomic mass is 15.2. The van der Waals surface area contributed by atoms with Crippen molar-refractivity contribution in [3.8, 4) is 11.3 Å². The van der Waals surface area contributed by atoms with Crippen LogP contribution in [0.15, 0.2) is 48.7 Å². The molecule has 146 valence electrons. The average Bonchev–Trinajstić information content (AvgIpc) is 3.09. The number of nitrogens with one attached hydrogen (secondary N) is 1. The monoisotopic (exact) mass is 374 g/mol. The van der Waals surface area contributed by atoms with Crippen molar-refractivity contribution in [2.75, 3.05) is 19.6 Å². The number of likely N-dealkylation sites (tertiary alicyclic amines) is 1. The molecule has 4 heteroatoms. The van der Waals surface area contributed by atoms with Crippen LogP contribution in [0, 0.1) is 5.92 Å². The van der Waals surface area contributed by atoms with Crippen LogP contribution in [-0.2, 0) is 6.54 Å². The van der Waals surface area contributed by atoms with Crippen LogP contribution in [0.5, 0.6) is 0 Å². The van der Waals surface area contributed by atoms with Gasteiger partial charge in [0, 0.05) is 30.9 Å². The molecule has 0 saturated carbocycles. The first-order valence-corrected chi connectivity index (χ1v) is 10.7. The van der Waals surface area contributed by atoms with Gasteiger partial charge in [0.15, 0.2) is 0 Å². The van der Waals surface area contributed by atoms with Crippen LogP contribution in [0.4, 0.5) is 0 Å². The van der Waals surface area contributed by atoms with Crippen LogP contribution >= 0.6 is 0 Å². The first-order chi connectivity index (χ1) is 13.7. The molecular formula is C24H30N4. The lowest BCUT2D eigenvalue weighted by Gasteiger charge is -2.43.